The second-order valence-electron chi connectivity index (χ2n) is 5.19. The average molecular weight is 332 g/mol. The maximum Gasteiger partial charge on any atom is 0.255 e. The van der Waals surface area contributed by atoms with Crippen molar-refractivity contribution in [2.45, 2.75) is 27.7 Å². The van der Waals surface area contributed by atoms with Gasteiger partial charge in [-0.05, 0) is 56.5 Å². The molecule has 0 aromatic heterocycles. The van der Waals surface area contributed by atoms with Gasteiger partial charge in [0.2, 0.25) is 0 Å². The van der Waals surface area contributed by atoms with E-state index in [1.165, 1.54) is 5.56 Å². The second-order valence-corrected chi connectivity index (χ2v) is 6.05. The summed E-state index contributed by atoms with van der Waals surface area (Å²) in [5.74, 6) is -0.0826. The smallest absolute Gasteiger partial charge is 0.255 e. The second kappa shape index (κ2) is 5.80. The Bertz CT molecular complexity index is 654. The fourth-order valence-corrected chi connectivity index (χ4v) is 2.68. The van der Waals surface area contributed by atoms with Crippen molar-refractivity contribution in [1.29, 1.82) is 0 Å². The first-order valence-corrected chi connectivity index (χ1v) is 7.33. The number of aryl methyl sites for hydroxylation is 4. The van der Waals surface area contributed by atoms with Gasteiger partial charge in [-0.25, -0.2) is 0 Å². The van der Waals surface area contributed by atoms with Crippen LogP contribution in [0.5, 0.6) is 0 Å². The van der Waals surface area contributed by atoms with Crippen LogP contribution < -0.4 is 5.32 Å². The average Bonchev–Trinajstić information content (AvgIpc) is 2.36. The molecule has 0 saturated heterocycles. The number of benzene rings is 2. The lowest BCUT2D eigenvalue weighted by atomic mass is 10.0. The van der Waals surface area contributed by atoms with Crippen LogP contribution in [0.15, 0.2) is 34.8 Å². The Morgan fingerprint density at radius 1 is 0.950 bits per heavy atom. The molecule has 0 bridgehead atoms. The van der Waals surface area contributed by atoms with Gasteiger partial charge in [-0.15, -0.1) is 0 Å². The number of hydrogen-bond donors (Lipinski definition) is 1. The van der Waals surface area contributed by atoms with E-state index in [2.05, 4.69) is 40.3 Å². The molecule has 0 radical (unpaired) electrons. The van der Waals surface area contributed by atoms with E-state index in [9.17, 15) is 4.79 Å². The number of carbonyl (C=O) groups is 1. The Morgan fingerprint density at radius 2 is 1.55 bits per heavy atom. The normalized spacial score (nSPS) is 10.4. The lowest BCUT2D eigenvalue weighted by Gasteiger charge is -2.13. The van der Waals surface area contributed by atoms with Crippen LogP contribution in [0.1, 0.15) is 32.6 Å². The van der Waals surface area contributed by atoms with Gasteiger partial charge in [0.15, 0.2) is 0 Å². The molecule has 2 aromatic carbocycles. The van der Waals surface area contributed by atoms with Crippen molar-refractivity contribution in [2.24, 2.45) is 0 Å². The maximum atomic E-state index is 12.3. The standard InChI is InChI=1S/C17H18BrNO/c1-10-7-12(3)16(13(4)8-10)19-17(20)14-6-5-11(2)15(18)9-14/h5-9H,1-4H3,(H,19,20). The Labute approximate surface area is 128 Å². The minimum Gasteiger partial charge on any atom is -0.322 e. The molecule has 1 amide bonds. The number of rotatable bonds is 2. The molecule has 2 aromatic rings. The van der Waals surface area contributed by atoms with Crippen LogP contribution in [-0.4, -0.2) is 5.91 Å². The van der Waals surface area contributed by atoms with Crippen LogP contribution in [0.25, 0.3) is 0 Å². The van der Waals surface area contributed by atoms with Crippen LogP contribution in [-0.2, 0) is 0 Å². The molecule has 0 saturated carbocycles. The highest BCUT2D eigenvalue weighted by atomic mass is 79.9. The maximum absolute atomic E-state index is 12.3. The molecular formula is C17H18BrNO. The van der Waals surface area contributed by atoms with E-state index in [0.29, 0.717) is 5.56 Å². The summed E-state index contributed by atoms with van der Waals surface area (Å²) in [4.78, 5) is 12.3. The molecule has 0 unspecified atom stereocenters. The van der Waals surface area contributed by atoms with Crippen molar-refractivity contribution < 1.29 is 4.79 Å². The highest BCUT2D eigenvalue weighted by Gasteiger charge is 2.11. The minimum absolute atomic E-state index is 0.0826. The summed E-state index contributed by atoms with van der Waals surface area (Å²) in [6, 6.07) is 9.78. The summed E-state index contributed by atoms with van der Waals surface area (Å²) in [5.41, 5.74) is 6.04. The van der Waals surface area contributed by atoms with Crippen molar-refractivity contribution in [3.05, 3.63) is 62.6 Å². The van der Waals surface area contributed by atoms with Crippen LogP contribution >= 0.6 is 15.9 Å². The van der Waals surface area contributed by atoms with Crippen LogP contribution in [0.3, 0.4) is 0 Å². The fraction of sp³-hybridized carbons (Fsp3) is 0.235. The van der Waals surface area contributed by atoms with Gasteiger partial charge in [0.05, 0.1) is 0 Å². The molecule has 104 valence electrons. The van der Waals surface area contributed by atoms with E-state index in [0.717, 1.165) is 26.9 Å². The number of halogens is 1. The minimum atomic E-state index is -0.0826. The molecule has 0 spiro atoms. The molecular weight excluding hydrogens is 314 g/mol. The molecule has 0 aliphatic rings. The molecule has 20 heavy (non-hydrogen) atoms. The van der Waals surface area contributed by atoms with Crippen molar-refractivity contribution >= 4 is 27.5 Å². The summed E-state index contributed by atoms with van der Waals surface area (Å²) in [6.07, 6.45) is 0. The summed E-state index contributed by atoms with van der Waals surface area (Å²) in [5, 5.41) is 3.01. The van der Waals surface area contributed by atoms with E-state index >= 15 is 0 Å². The molecule has 0 aliphatic carbocycles. The third-order valence-electron chi connectivity index (χ3n) is 3.35. The van der Waals surface area contributed by atoms with E-state index in [1.54, 1.807) is 0 Å². The van der Waals surface area contributed by atoms with E-state index in [4.69, 9.17) is 0 Å². The summed E-state index contributed by atoms with van der Waals surface area (Å²) < 4.78 is 0.947. The summed E-state index contributed by atoms with van der Waals surface area (Å²) in [7, 11) is 0. The van der Waals surface area contributed by atoms with E-state index in [1.807, 2.05) is 39.0 Å². The summed E-state index contributed by atoms with van der Waals surface area (Å²) in [6.45, 7) is 8.09. The number of nitrogens with one attached hydrogen (secondary N) is 1. The predicted octanol–water partition coefficient (Wildman–Crippen LogP) is 4.94. The van der Waals surface area contributed by atoms with Crippen molar-refractivity contribution in [3.63, 3.8) is 0 Å². The topological polar surface area (TPSA) is 29.1 Å². The monoisotopic (exact) mass is 331 g/mol. The van der Waals surface area contributed by atoms with Gasteiger partial charge in [-0.3, -0.25) is 4.79 Å². The predicted molar refractivity (Wildman–Crippen MR) is 87.5 cm³/mol. The number of hydrogen-bond acceptors (Lipinski definition) is 1. The van der Waals surface area contributed by atoms with Gasteiger partial charge in [0.1, 0.15) is 0 Å². The Kier molecular flexibility index (Phi) is 4.29. The number of amides is 1. The molecule has 2 rings (SSSR count). The van der Waals surface area contributed by atoms with Crippen LogP contribution in [0, 0.1) is 27.7 Å². The fourth-order valence-electron chi connectivity index (χ4n) is 2.30. The van der Waals surface area contributed by atoms with E-state index < -0.39 is 0 Å². The Hall–Kier alpha value is -1.61. The first kappa shape index (κ1) is 14.8. The quantitative estimate of drug-likeness (QED) is 0.830. The van der Waals surface area contributed by atoms with Crippen LogP contribution in [0.2, 0.25) is 0 Å². The highest BCUT2D eigenvalue weighted by Crippen LogP contribution is 2.23. The zero-order valence-corrected chi connectivity index (χ0v) is 13.8. The molecule has 0 aliphatic heterocycles. The molecule has 0 fully saturated rings. The molecule has 1 N–H and O–H groups in total. The van der Waals surface area contributed by atoms with Crippen LogP contribution in [0.4, 0.5) is 5.69 Å². The Balaban J connectivity index is 2.30. The van der Waals surface area contributed by atoms with Gasteiger partial charge < -0.3 is 5.32 Å². The van der Waals surface area contributed by atoms with Crippen molar-refractivity contribution in [1.82, 2.24) is 0 Å². The summed E-state index contributed by atoms with van der Waals surface area (Å²) >= 11 is 3.46. The highest BCUT2D eigenvalue weighted by molar-refractivity contribution is 9.10. The SMILES string of the molecule is Cc1cc(C)c(NC(=O)c2ccc(C)c(Br)c2)c(C)c1. The zero-order valence-electron chi connectivity index (χ0n) is 12.2. The first-order valence-electron chi connectivity index (χ1n) is 6.54. The van der Waals surface area contributed by atoms with Gasteiger partial charge in [-0.2, -0.15) is 0 Å². The third kappa shape index (κ3) is 3.10. The first-order chi connectivity index (χ1) is 9.38. The third-order valence-corrected chi connectivity index (χ3v) is 4.20. The van der Waals surface area contributed by atoms with Crippen molar-refractivity contribution in [2.75, 3.05) is 5.32 Å². The number of carbonyl (C=O) groups excluding carboxylic acids is 1. The number of anilines is 1. The van der Waals surface area contributed by atoms with Gasteiger partial charge >= 0.3 is 0 Å². The largest absolute Gasteiger partial charge is 0.322 e. The molecule has 3 heteroatoms. The van der Waals surface area contributed by atoms with Gasteiger partial charge in [0.25, 0.3) is 5.91 Å². The lowest BCUT2D eigenvalue weighted by molar-refractivity contribution is 0.102. The lowest BCUT2D eigenvalue weighted by Crippen LogP contribution is -2.14. The molecule has 0 atom stereocenters. The van der Waals surface area contributed by atoms with Gasteiger partial charge in [-0.1, -0.05) is 39.7 Å². The molecule has 2 nitrogen and oxygen atoms in total. The molecule has 0 heterocycles. The van der Waals surface area contributed by atoms with E-state index in [-0.39, 0.29) is 5.91 Å². The van der Waals surface area contributed by atoms with Crippen molar-refractivity contribution in [3.8, 4) is 0 Å². The Morgan fingerprint density at radius 3 is 2.10 bits per heavy atom. The zero-order chi connectivity index (χ0) is 14.9. The van der Waals surface area contributed by atoms with Gasteiger partial charge in [0, 0.05) is 15.7 Å².